The summed E-state index contributed by atoms with van der Waals surface area (Å²) in [7, 11) is 4.36. The third kappa shape index (κ3) is 40.2. The standard InChI is InChI=1S/C43H86NO3.BrH/c1-5-7-9-11-13-15-17-19-21-23-25-27-29-31-33-35-39-46-42-43(41-44(3,4)37-38-45)47-40-36-34-32-30-28-26-24-22-20-18-16-14-12-10-8-6-2;/h19-22,43,45H,5-18,23-42H2,1-4H3;1H/q+1;/p-1. The molecule has 0 amide bonds. The molecule has 0 aromatic carbocycles. The number of nitrogens with zero attached hydrogens (tertiary/aromatic N) is 1. The first-order chi connectivity index (χ1) is 23.1. The van der Waals surface area contributed by atoms with Gasteiger partial charge in [0.15, 0.2) is 0 Å². The van der Waals surface area contributed by atoms with Gasteiger partial charge >= 0.3 is 0 Å². The van der Waals surface area contributed by atoms with E-state index in [0.29, 0.717) is 6.61 Å². The monoisotopic (exact) mass is 744 g/mol. The highest BCUT2D eigenvalue weighted by atomic mass is 79.9. The molecule has 0 rings (SSSR count). The Balaban J connectivity index is 0. The molecule has 48 heavy (non-hydrogen) atoms. The van der Waals surface area contributed by atoms with Crippen molar-refractivity contribution in [2.75, 3.05) is 53.6 Å². The quantitative estimate of drug-likeness (QED) is 0.0387. The third-order valence-corrected chi connectivity index (χ3v) is 9.52. The predicted molar refractivity (Wildman–Crippen MR) is 208 cm³/mol. The van der Waals surface area contributed by atoms with Gasteiger partial charge in [0.2, 0.25) is 0 Å². The van der Waals surface area contributed by atoms with Gasteiger partial charge in [-0.3, -0.25) is 0 Å². The van der Waals surface area contributed by atoms with Crippen molar-refractivity contribution in [3.63, 3.8) is 0 Å². The number of aliphatic hydroxyl groups is 1. The molecule has 0 aromatic rings. The number of rotatable bonds is 39. The zero-order chi connectivity index (χ0) is 34.4. The SMILES string of the molecule is CCCCCCCCC=CCCCCCCCCOCC(C[N+](C)(C)CCO)OCCCCCCCCC=CCCCCCCCC.[Br-]. The minimum absolute atomic E-state index is 0. The Hall–Kier alpha value is -0.200. The van der Waals surface area contributed by atoms with E-state index in [-0.39, 0.29) is 29.7 Å². The van der Waals surface area contributed by atoms with Gasteiger partial charge in [0.05, 0.1) is 27.3 Å². The number of halogens is 1. The molecule has 288 valence electrons. The molecule has 5 heteroatoms. The Bertz CT molecular complexity index is 654. The molecule has 0 aliphatic rings. The number of unbranched alkanes of at least 4 members (excludes halogenated alkanes) is 24. The van der Waals surface area contributed by atoms with Crippen molar-refractivity contribution in [2.24, 2.45) is 0 Å². The molecule has 0 aliphatic heterocycles. The van der Waals surface area contributed by atoms with Gasteiger partial charge in [-0.15, -0.1) is 0 Å². The van der Waals surface area contributed by atoms with Crippen LogP contribution in [-0.2, 0) is 9.47 Å². The van der Waals surface area contributed by atoms with E-state index in [2.05, 4.69) is 52.2 Å². The number of quaternary nitrogens is 1. The van der Waals surface area contributed by atoms with E-state index in [4.69, 9.17) is 9.47 Å². The summed E-state index contributed by atoms with van der Waals surface area (Å²) in [6, 6.07) is 0. The topological polar surface area (TPSA) is 38.7 Å². The van der Waals surface area contributed by atoms with Crippen LogP contribution in [0.15, 0.2) is 24.3 Å². The van der Waals surface area contributed by atoms with Gasteiger partial charge < -0.3 is 36.0 Å². The molecule has 0 bridgehead atoms. The van der Waals surface area contributed by atoms with E-state index in [0.717, 1.165) is 43.6 Å². The molecular formula is C43H86BrNO3. The van der Waals surface area contributed by atoms with Crippen molar-refractivity contribution in [1.82, 2.24) is 0 Å². The lowest BCUT2D eigenvalue weighted by Crippen LogP contribution is -3.00. The van der Waals surface area contributed by atoms with E-state index >= 15 is 0 Å². The number of ether oxygens (including phenoxy) is 2. The Labute approximate surface area is 312 Å². The van der Waals surface area contributed by atoms with Crippen molar-refractivity contribution in [3.8, 4) is 0 Å². The maximum atomic E-state index is 9.49. The smallest absolute Gasteiger partial charge is 0.130 e. The summed E-state index contributed by atoms with van der Waals surface area (Å²) in [6.45, 7) is 8.76. The van der Waals surface area contributed by atoms with Crippen molar-refractivity contribution < 1.29 is 36.0 Å². The van der Waals surface area contributed by atoms with Crippen LogP contribution >= 0.6 is 0 Å². The van der Waals surface area contributed by atoms with E-state index in [9.17, 15) is 5.11 Å². The fraction of sp³-hybridized carbons (Fsp3) is 0.907. The summed E-state index contributed by atoms with van der Waals surface area (Å²) in [4.78, 5) is 0. The van der Waals surface area contributed by atoms with Crippen molar-refractivity contribution >= 4 is 0 Å². The average Bonchev–Trinajstić information content (AvgIpc) is 3.05. The summed E-state index contributed by atoms with van der Waals surface area (Å²) in [5.41, 5.74) is 0. The van der Waals surface area contributed by atoms with Gasteiger partial charge in [0.1, 0.15) is 19.2 Å². The highest BCUT2D eigenvalue weighted by molar-refractivity contribution is 4.82. The molecule has 0 aromatic heterocycles. The maximum absolute atomic E-state index is 9.49. The van der Waals surface area contributed by atoms with Gasteiger partial charge in [-0.2, -0.15) is 0 Å². The van der Waals surface area contributed by atoms with Crippen LogP contribution in [0.25, 0.3) is 0 Å². The molecule has 1 atom stereocenters. The minimum Gasteiger partial charge on any atom is -1.00 e. The molecule has 0 saturated heterocycles. The number of aliphatic hydroxyl groups excluding tert-OH is 1. The Morgan fingerprint density at radius 2 is 0.854 bits per heavy atom. The first-order valence-electron chi connectivity index (χ1n) is 21.0. The molecule has 0 aliphatic carbocycles. The lowest BCUT2D eigenvalue weighted by atomic mass is 10.1. The second-order valence-electron chi connectivity index (χ2n) is 15.0. The van der Waals surface area contributed by atoms with Crippen LogP contribution in [0.2, 0.25) is 0 Å². The van der Waals surface area contributed by atoms with Crippen LogP contribution in [0.5, 0.6) is 0 Å². The third-order valence-electron chi connectivity index (χ3n) is 9.52. The number of hydrogen-bond donors (Lipinski definition) is 1. The van der Waals surface area contributed by atoms with Crippen LogP contribution < -0.4 is 17.0 Å². The van der Waals surface area contributed by atoms with Crippen LogP contribution in [0.4, 0.5) is 0 Å². The Morgan fingerprint density at radius 1 is 0.500 bits per heavy atom. The minimum atomic E-state index is 0. The highest BCUT2D eigenvalue weighted by Gasteiger charge is 2.22. The van der Waals surface area contributed by atoms with Crippen molar-refractivity contribution in [1.29, 1.82) is 0 Å². The molecule has 0 spiro atoms. The van der Waals surface area contributed by atoms with Gasteiger partial charge in [-0.25, -0.2) is 0 Å². The summed E-state index contributed by atoms with van der Waals surface area (Å²) in [6.07, 6.45) is 47.0. The first-order valence-corrected chi connectivity index (χ1v) is 21.0. The lowest BCUT2D eigenvalue weighted by molar-refractivity contribution is -0.893. The summed E-state index contributed by atoms with van der Waals surface area (Å²) < 4.78 is 13.2. The van der Waals surface area contributed by atoms with Crippen LogP contribution in [0, 0.1) is 0 Å². The van der Waals surface area contributed by atoms with Crippen LogP contribution in [-0.4, -0.2) is 69.3 Å². The Kier molecular flexibility index (Phi) is 42.9. The zero-order valence-corrected chi connectivity index (χ0v) is 34.6. The molecule has 0 heterocycles. The molecule has 0 saturated carbocycles. The van der Waals surface area contributed by atoms with Gasteiger partial charge in [0.25, 0.3) is 0 Å². The first kappa shape index (κ1) is 49.9. The normalized spacial score (nSPS) is 12.8. The molecule has 0 fully saturated rings. The number of allylic oxidation sites excluding steroid dienone is 4. The van der Waals surface area contributed by atoms with Gasteiger partial charge in [0, 0.05) is 13.2 Å². The molecule has 4 nitrogen and oxygen atoms in total. The number of hydrogen-bond acceptors (Lipinski definition) is 3. The second kappa shape index (κ2) is 41.2. The maximum Gasteiger partial charge on any atom is 0.130 e. The fourth-order valence-corrected chi connectivity index (χ4v) is 6.33. The molecule has 1 unspecified atom stereocenters. The summed E-state index contributed by atoms with van der Waals surface area (Å²) in [5.74, 6) is 0. The van der Waals surface area contributed by atoms with Crippen molar-refractivity contribution in [3.05, 3.63) is 24.3 Å². The van der Waals surface area contributed by atoms with E-state index in [1.54, 1.807) is 0 Å². The largest absolute Gasteiger partial charge is 1.00 e. The zero-order valence-electron chi connectivity index (χ0n) is 33.0. The van der Waals surface area contributed by atoms with Gasteiger partial charge in [-0.1, -0.05) is 154 Å². The fourth-order valence-electron chi connectivity index (χ4n) is 6.33. The van der Waals surface area contributed by atoms with Gasteiger partial charge in [-0.05, 0) is 64.2 Å². The second-order valence-corrected chi connectivity index (χ2v) is 15.0. The average molecular weight is 745 g/mol. The highest BCUT2D eigenvalue weighted by Crippen LogP contribution is 2.13. The van der Waals surface area contributed by atoms with Crippen molar-refractivity contribution in [2.45, 2.75) is 200 Å². The molecular weight excluding hydrogens is 658 g/mol. The van der Waals surface area contributed by atoms with Crippen LogP contribution in [0.1, 0.15) is 194 Å². The molecule has 1 N–H and O–H groups in total. The summed E-state index contributed by atoms with van der Waals surface area (Å²) >= 11 is 0. The van der Waals surface area contributed by atoms with E-state index in [1.807, 2.05) is 0 Å². The van der Waals surface area contributed by atoms with E-state index in [1.165, 1.54) is 167 Å². The molecule has 0 radical (unpaired) electrons. The van der Waals surface area contributed by atoms with E-state index < -0.39 is 0 Å². The lowest BCUT2D eigenvalue weighted by Gasteiger charge is -2.32. The Morgan fingerprint density at radius 3 is 1.25 bits per heavy atom. The van der Waals surface area contributed by atoms with Crippen LogP contribution in [0.3, 0.4) is 0 Å². The summed E-state index contributed by atoms with van der Waals surface area (Å²) in [5, 5.41) is 9.49. The number of likely N-dealkylation sites (N-methyl/N-ethyl adjacent to an activating group) is 1. The predicted octanol–water partition coefficient (Wildman–Crippen LogP) is 9.54.